The van der Waals surface area contributed by atoms with Gasteiger partial charge in [0.1, 0.15) is 18.2 Å². The lowest BCUT2D eigenvalue weighted by Gasteiger charge is -2.16. The molecule has 0 bridgehead atoms. The van der Waals surface area contributed by atoms with Gasteiger partial charge in [-0.3, -0.25) is 4.79 Å². The van der Waals surface area contributed by atoms with Crippen molar-refractivity contribution in [2.45, 2.75) is 19.4 Å². The second kappa shape index (κ2) is 9.08. The molecule has 3 aromatic rings. The van der Waals surface area contributed by atoms with Crippen LogP contribution >= 0.6 is 0 Å². The van der Waals surface area contributed by atoms with Crippen molar-refractivity contribution in [2.24, 2.45) is 0 Å². The lowest BCUT2D eigenvalue weighted by Crippen LogP contribution is -2.41. The Balaban J connectivity index is 1.79. The van der Waals surface area contributed by atoms with E-state index < -0.39 is 12.0 Å². The second-order valence-electron chi connectivity index (χ2n) is 6.57. The summed E-state index contributed by atoms with van der Waals surface area (Å²) in [5.41, 5.74) is 2.22. The number of ether oxygens (including phenoxy) is 2. The van der Waals surface area contributed by atoms with Gasteiger partial charge in [-0.2, -0.15) is 0 Å². The van der Waals surface area contributed by atoms with Gasteiger partial charge >= 0.3 is 5.97 Å². The molecule has 0 fully saturated rings. The molecule has 0 aliphatic carbocycles. The number of methoxy groups -OCH3 is 2. The number of rotatable bonds is 7. The van der Waals surface area contributed by atoms with Crippen molar-refractivity contribution in [1.82, 2.24) is 15.3 Å². The fourth-order valence-electron chi connectivity index (χ4n) is 3.01. The number of esters is 1. The third kappa shape index (κ3) is 4.75. The molecule has 0 saturated carbocycles. The summed E-state index contributed by atoms with van der Waals surface area (Å²) in [6, 6.07) is 9.75. The van der Waals surface area contributed by atoms with E-state index in [0.717, 1.165) is 11.3 Å². The highest BCUT2D eigenvalue weighted by Gasteiger charge is 2.20. The first-order chi connectivity index (χ1) is 14.4. The van der Waals surface area contributed by atoms with Crippen LogP contribution in [0.15, 0.2) is 42.7 Å². The molecule has 0 spiro atoms. The topological polar surface area (TPSA) is 123 Å². The van der Waals surface area contributed by atoms with E-state index >= 15 is 0 Å². The first-order valence-electron chi connectivity index (χ1n) is 9.14. The zero-order valence-corrected chi connectivity index (χ0v) is 16.8. The van der Waals surface area contributed by atoms with Crippen LogP contribution in [-0.2, 0) is 20.7 Å². The third-order valence-electron chi connectivity index (χ3n) is 4.46. The van der Waals surface area contributed by atoms with Gasteiger partial charge in [0.05, 0.1) is 19.7 Å². The second-order valence-corrected chi connectivity index (χ2v) is 6.57. The number of anilines is 2. The number of hydrogen-bond acceptors (Lipinski definition) is 8. The van der Waals surface area contributed by atoms with Crippen LogP contribution in [0.3, 0.4) is 0 Å². The average molecular weight is 410 g/mol. The zero-order chi connectivity index (χ0) is 21.7. The van der Waals surface area contributed by atoms with Crippen LogP contribution < -0.4 is 15.4 Å². The molecule has 2 aromatic carbocycles. The Kier molecular flexibility index (Phi) is 6.31. The molecule has 9 heteroatoms. The highest BCUT2D eigenvalue weighted by atomic mass is 16.5. The molecule has 0 radical (unpaired) electrons. The molecule has 0 saturated heterocycles. The summed E-state index contributed by atoms with van der Waals surface area (Å²) in [5.74, 6) is 0.0338. The highest BCUT2D eigenvalue weighted by molar-refractivity contribution is 5.93. The van der Waals surface area contributed by atoms with Gasteiger partial charge in [-0.15, -0.1) is 0 Å². The molecule has 1 heterocycles. The molecule has 3 N–H and O–H groups in total. The summed E-state index contributed by atoms with van der Waals surface area (Å²) in [4.78, 5) is 31.7. The van der Waals surface area contributed by atoms with Gasteiger partial charge in [0.25, 0.3) is 0 Å². The predicted molar refractivity (Wildman–Crippen MR) is 111 cm³/mol. The van der Waals surface area contributed by atoms with E-state index in [2.05, 4.69) is 20.6 Å². The summed E-state index contributed by atoms with van der Waals surface area (Å²) < 4.78 is 9.86. The van der Waals surface area contributed by atoms with Gasteiger partial charge in [-0.25, -0.2) is 14.8 Å². The van der Waals surface area contributed by atoms with Crippen molar-refractivity contribution in [3.05, 3.63) is 48.3 Å². The normalized spacial score (nSPS) is 11.6. The van der Waals surface area contributed by atoms with E-state index in [0.29, 0.717) is 28.9 Å². The molecule has 1 aromatic heterocycles. The fourth-order valence-corrected chi connectivity index (χ4v) is 3.01. The molecule has 9 nitrogen and oxygen atoms in total. The summed E-state index contributed by atoms with van der Waals surface area (Å²) in [5, 5.41) is 16.5. The molecule has 3 rings (SSSR count). The zero-order valence-electron chi connectivity index (χ0n) is 16.8. The minimum absolute atomic E-state index is 0.00924. The van der Waals surface area contributed by atoms with Gasteiger partial charge < -0.3 is 25.2 Å². The SMILES string of the molecule is COC(=O)[C@H](Cc1ccc(Nc2ncnc3cc(OC)c(O)cc23)cc1)NC(C)=O. The Hall–Kier alpha value is -3.88. The number of phenols is 1. The van der Waals surface area contributed by atoms with E-state index in [1.165, 1.54) is 27.5 Å². The fraction of sp³-hybridized carbons (Fsp3) is 0.238. The summed E-state index contributed by atoms with van der Waals surface area (Å²) in [6.07, 6.45) is 1.72. The molecule has 0 aliphatic heterocycles. The van der Waals surface area contributed by atoms with E-state index in [9.17, 15) is 14.7 Å². The Morgan fingerprint density at radius 3 is 2.50 bits per heavy atom. The lowest BCUT2D eigenvalue weighted by atomic mass is 10.1. The van der Waals surface area contributed by atoms with Crippen LogP contribution in [0.25, 0.3) is 10.9 Å². The minimum atomic E-state index is -0.755. The molecular weight excluding hydrogens is 388 g/mol. The van der Waals surface area contributed by atoms with Gasteiger partial charge in [-0.05, 0) is 23.8 Å². The van der Waals surface area contributed by atoms with Gasteiger partial charge in [0, 0.05) is 30.5 Å². The maximum Gasteiger partial charge on any atom is 0.328 e. The molecule has 0 unspecified atom stereocenters. The maximum absolute atomic E-state index is 11.9. The summed E-state index contributed by atoms with van der Waals surface area (Å²) in [7, 11) is 2.75. The van der Waals surface area contributed by atoms with E-state index in [1.807, 2.05) is 24.3 Å². The molecule has 1 amide bonds. The largest absolute Gasteiger partial charge is 0.504 e. The molecule has 156 valence electrons. The number of amides is 1. The monoisotopic (exact) mass is 410 g/mol. The summed E-state index contributed by atoms with van der Waals surface area (Å²) in [6.45, 7) is 1.35. The number of fused-ring (bicyclic) bond motifs is 1. The summed E-state index contributed by atoms with van der Waals surface area (Å²) >= 11 is 0. The minimum Gasteiger partial charge on any atom is -0.504 e. The number of nitrogens with zero attached hydrogens (tertiary/aromatic N) is 2. The van der Waals surface area contributed by atoms with E-state index in [4.69, 9.17) is 9.47 Å². The maximum atomic E-state index is 11.9. The van der Waals surface area contributed by atoms with Gasteiger partial charge in [0.15, 0.2) is 11.5 Å². The standard InChI is InChI=1S/C21H22N4O5/c1-12(26)24-17(21(28)30-3)8-13-4-6-14(7-5-13)25-20-15-9-18(27)19(29-2)10-16(15)22-11-23-20/h4-7,9-11,17,27H,8H2,1-3H3,(H,24,26)(H,22,23,25)/t17-/m0/s1. The van der Waals surface area contributed by atoms with Crippen molar-refractivity contribution in [3.8, 4) is 11.5 Å². The van der Waals surface area contributed by atoms with Crippen molar-refractivity contribution < 1.29 is 24.2 Å². The van der Waals surface area contributed by atoms with Crippen molar-refractivity contribution in [3.63, 3.8) is 0 Å². The van der Waals surface area contributed by atoms with Crippen molar-refractivity contribution in [1.29, 1.82) is 0 Å². The van der Waals surface area contributed by atoms with Crippen LogP contribution in [0.1, 0.15) is 12.5 Å². The van der Waals surface area contributed by atoms with Crippen LogP contribution in [0.4, 0.5) is 11.5 Å². The Bertz CT molecular complexity index is 1070. The Morgan fingerprint density at radius 2 is 1.87 bits per heavy atom. The third-order valence-corrected chi connectivity index (χ3v) is 4.46. The van der Waals surface area contributed by atoms with Crippen molar-refractivity contribution in [2.75, 3.05) is 19.5 Å². The number of carbonyl (C=O) groups is 2. The number of aromatic nitrogens is 2. The van der Waals surface area contributed by atoms with Crippen LogP contribution in [-0.4, -0.2) is 47.2 Å². The smallest absolute Gasteiger partial charge is 0.328 e. The first-order valence-corrected chi connectivity index (χ1v) is 9.14. The molecular formula is C21H22N4O5. The molecule has 30 heavy (non-hydrogen) atoms. The van der Waals surface area contributed by atoms with E-state index in [1.54, 1.807) is 12.1 Å². The van der Waals surface area contributed by atoms with Crippen LogP contribution in [0.2, 0.25) is 0 Å². The van der Waals surface area contributed by atoms with E-state index in [-0.39, 0.29) is 11.7 Å². The Morgan fingerprint density at radius 1 is 1.13 bits per heavy atom. The lowest BCUT2D eigenvalue weighted by molar-refractivity contribution is -0.144. The number of aromatic hydroxyl groups is 1. The highest BCUT2D eigenvalue weighted by Crippen LogP contribution is 2.33. The average Bonchev–Trinajstić information content (AvgIpc) is 2.73. The van der Waals surface area contributed by atoms with Crippen LogP contribution in [0, 0.1) is 0 Å². The molecule has 1 atom stereocenters. The predicted octanol–water partition coefficient (Wildman–Crippen LogP) is 2.31. The number of hydrogen-bond donors (Lipinski definition) is 3. The number of benzene rings is 2. The van der Waals surface area contributed by atoms with Crippen molar-refractivity contribution >= 4 is 34.3 Å². The van der Waals surface area contributed by atoms with Crippen LogP contribution in [0.5, 0.6) is 11.5 Å². The first kappa shape index (κ1) is 20.8. The number of phenolic OH excluding ortho intramolecular Hbond substituents is 1. The molecule has 0 aliphatic rings. The number of nitrogens with one attached hydrogen (secondary N) is 2. The van der Waals surface area contributed by atoms with Gasteiger partial charge in [-0.1, -0.05) is 12.1 Å². The Labute approximate surface area is 173 Å². The quantitative estimate of drug-likeness (QED) is 0.507. The van der Waals surface area contributed by atoms with Gasteiger partial charge in [0.2, 0.25) is 5.91 Å². The number of carbonyl (C=O) groups excluding carboxylic acids is 2.